The summed E-state index contributed by atoms with van der Waals surface area (Å²) >= 11 is 0. The lowest BCUT2D eigenvalue weighted by molar-refractivity contribution is -0.119. The molecular formula is C20H22N2O5. The molecular weight excluding hydrogens is 348 g/mol. The fourth-order valence-electron chi connectivity index (χ4n) is 2.45. The van der Waals surface area contributed by atoms with Crippen LogP contribution < -0.4 is 15.4 Å². The average Bonchev–Trinajstić information content (AvgIpc) is 2.62. The van der Waals surface area contributed by atoms with Gasteiger partial charge in [-0.15, -0.1) is 0 Å². The summed E-state index contributed by atoms with van der Waals surface area (Å²) in [6, 6.07) is 10.1. The minimum atomic E-state index is -0.565. The number of carbonyl (C=O) groups excluding carboxylic acids is 3. The Balaban J connectivity index is 2.04. The summed E-state index contributed by atoms with van der Waals surface area (Å²) < 4.78 is 10.3. The maximum absolute atomic E-state index is 12.2. The van der Waals surface area contributed by atoms with Crippen molar-refractivity contribution in [3.05, 3.63) is 53.1 Å². The first-order valence-electron chi connectivity index (χ1n) is 8.30. The fraction of sp³-hybridized carbons (Fsp3) is 0.250. The van der Waals surface area contributed by atoms with Crippen LogP contribution in [0.25, 0.3) is 0 Å². The Kier molecular flexibility index (Phi) is 6.54. The molecule has 0 fully saturated rings. The third-order valence-electron chi connectivity index (χ3n) is 3.95. The molecule has 0 aromatic heterocycles. The van der Waals surface area contributed by atoms with Crippen LogP contribution in [-0.2, 0) is 14.3 Å². The Hall–Kier alpha value is -3.35. The summed E-state index contributed by atoms with van der Waals surface area (Å²) in [7, 11) is 1.46. The van der Waals surface area contributed by atoms with E-state index in [1.807, 2.05) is 19.9 Å². The van der Waals surface area contributed by atoms with E-state index < -0.39 is 18.5 Å². The lowest BCUT2D eigenvalue weighted by Gasteiger charge is -2.13. The number of benzene rings is 2. The zero-order valence-electron chi connectivity index (χ0n) is 15.7. The van der Waals surface area contributed by atoms with Crippen molar-refractivity contribution in [3.63, 3.8) is 0 Å². The lowest BCUT2D eigenvalue weighted by Crippen LogP contribution is -2.21. The summed E-state index contributed by atoms with van der Waals surface area (Å²) in [6.07, 6.45) is 0. The molecule has 7 heteroatoms. The Morgan fingerprint density at radius 1 is 1.04 bits per heavy atom. The molecule has 2 amide bonds. The van der Waals surface area contributed by atoms with Crippen molar-refractivity contribution in [2.45, 2.75) is 20.8 Å². The van der Waals surface area contributed by atoms with Crippen LogP contribution in [0.5, 0.6) is 5.75 Å². The van der Waals surface area contributed by atoms with Gasteiger partial charge in [0, 0.05) is 12.6 Å². The molecule has 0 radical (unpaired) electrons. The number of hydrogen-bond donors (Lipinski definition) is 2. The van der Waals surface area contributed by atoms with Gasteiger partial charge in [0.2, 0.25) is 5.91 Å². The van der Waals surface area contributed by atoms with Crippen LogP contribution in [0.15, 0.2) is 36.4 Å². The van der Waals surface area contributed by atoms with E-state index in [-0.39, 0.29) is 5.91 Å². The molecule has 0 aliphatic carbocycles. The van der Waals surface area contributed by atoms with E-state index in [1.54, 1.807) is 30.3 Å². The maximum Gasteiger partial charge on any atom is 0.338 e. The number of esters is 1. The second-order valence-electron chi connectivity index (χ2n) is 5.97. The number of carbonyl (C=O) groups is 3. The second kappa shape index (κ2) is 8.84. The third kappa shape index (κ3) is 5.31. The molecule has 142 valence electrons. The van der Waals surface area contributed by atoms with Gasteiger partial charge < -0.3 is 20.1 Å². The van der Waals surface area contributed by atoms with Crippen molar-refractivity contribution in [3.8, 4) is 5.75 Å². The Bertz CT molecular complexity index is 877. The van der Waals surface area contributed by atoms with Crippen LogP contribution in [0.2, 0.25) is 0 Å². The first kappa shape index (κ1) is 20.0. The van der Waals surface area contributed by atoms with Crippen molar-refractivity contribution in [2.24, 2.45) is 0 Å². The molecule has 27 heavy (non-hydrogen) atoms. The van der Waals surface area contributed by atoms with Crippen molar-refractivity contribution >= 4 is 29.2 Å². The quantitative estimate of drug-likeness (QED) is 0.762. The summed E-state index contributed by atoms with van der Waals surface area (Å²) in [5.41, 5.74) is 3.07. The molecule has 2 rings (SSSR count). The van der Waals surface area contributed by atoms with Gasteiger partial charge in [-0.2, -0.15) is 0 Å². The van der Waals surface area contributed by atoms with Crippen LogP contribution >= 0.6 is 0 Å². The average molecular weight is 370 g/mol. The fourth-order valence-corrected chi connectivity index (χ4v) is 2.45. The van der Waals surface area contributed by atoms with E-state index in [2.05, 4.69) is 10.6 Å². The van der Waals surface area contributed by atoms with E-state index in [4.69, 9.17) is 9.47 Å². The molecule has 0 bridgehead atoms. The molecule has 0 aliphatic rings. The van der Waals surface area contributed by atoms with Gasteiger partial charge in [0.05, 0.1) is 18.4 Å². The SMILES string of the molecule is COc1ccc(NC(C)=O)cc1NC(=O)COC(=O)c1cccc(C)c1C. The largest absolute Gasteiger partial charge is 0.495 e. The van der Waals surface area contributed by atoms with Crippen LogP contribution in [0.3, 0.4) is 0 Å². The summed E-state index contributed by atoms with van der Waals surface area (Å²) in [5, 5.41) is 5.24. The molecule has 0 saturated heterocycles. The monoisotopic (exact) mass is 370 g/mol. The summed E-state index contributed by atoms with van der Waals surface area (Å²) in [5.74, 6) is -0.907. The molecule has 2 N–H and O–H groups in total. The Morgan fingerprint density at radius 3 is 2.44 bits per heavy atom. The first-order valence-corrected chi connectivity index (χ1v) is 8.30. The molecule has 0 unspecified atom stereocenters. The molecule has 0 aliphatic heterocycles. The van der Waals surface area contributed by atoms with Crippen molar-refractivity contribution in [2.75, 3.05) is 24.4 Å². The Labute approximate surface area is 157 Å². The van der Waals surface area contributed by atoms with Gasteiger partial charge in [-0.1, -0.05) is 12.1 Å². The smallest absolute Gasteiger partial charge is 0.338 e. The number of aryl methyl sites for hydroxylation is 1. The first-order chi connectivity index (χ1) is 12.8. The van der Waals surface area contributed by atoms with Crippen LogP contribution in [0.4, 0.5) is 11.4 Å². The van der Waals surface area contributed by atoms with Crippen molar-refractivity contribution < 1.29 is 23.9 Å². The van der Waals surface area contributed by atoms with E-state index in [0.717, 1.165) is 11.1 Å². The van der Waals surface area contributed by atoms with E-state index in [0.29, 0.717) is 22.7 Å². The third-order valence-corrected chi connectivity index (χ3v) is 3.95. The van der Waals surface area contributed by atoms with Gasteiger partial charge in [0.25, 0.3) is 5.91 Å². The molecule has 0 saturated carbocycles. The zero-order chi connectivity index (χ0) is 20.0. The zero-order valence-corrected chi connectivity index (χ0v) is 15.7. The number of rotatable bonds is 6. The predicted octanol–water partition coefficient (Wildman–Crippen LogP) is 3.07. The van der Waals surface area contributed by atoms with E-state index in [9.17, 15) is 14.4 Å². The van der Waals surface area contributed by atoms with Crippen LogP contribution in [0.1, 0.15) is 28.4 Å². The van der Waals surface area contributed by atoms with Gasteiger partial charge in [0.1, 0.15) is 5.75 Å². The highest BCUT2D eigenvalue weighted by Gasteiger charge is 2.15. The van der Waals surface area contributed by atoms with Gasteiger partial charge in [-0.05, 0) is 49.2 Å². The number of methoxy groups -OCH3 is 1. The van der Waals surface area contributed by atoms with Crippen LogP contribution in [0, 0.1) is 13.8 Å². The van der Waals surface area contributed by atoms with Gasteiger partial charge in [0.15, 0.2) is 6.61 Å². The maximum atomic E-state index is 12.2. The molecule has 0 spiro atoms. The van der Waals surface area contributed by atoms with Gasteiger partial charge in [-0.25, -0.2) is 4.79 Å². The number of amides is 2. The molecule has 2 aromatic carbocycles. The highest BCUT2D eigenvalue weighted by Crippen LogP contribution is 2.27. The van der Waals surface area contributed by atoms with Crippen molar-refractivity contribution in [1.29, 1.82) is 0 Å². The highest BCUT2D eigenvalue weighted by molar-refractivity contribution is 5.98. The van der Waals surface area contributed by atoms with Gasteiger partial charge >= 0.3 is 5.97 Å². The summed E-state index contributed by atoms with van der Waals surface area (Å²) in [6.45, 7) is 4.66. The highest BCUT2D eigenvalue weighted by atomic mass is 16.5. The van der Waals surface area contributed by atoms with E-state index in [1.165, 1.54) is 14.0 Å². The predicted molar refractivity (Wildman–Crippen MR) is 102 cm³/mol. The standard InChI is InChI=1S/C20H22N2O5/c1-12-6-5-7-16(13(12)2)20(25)27-11-19(24)22-17-10-15(21-14(3)23)8-9-18(17)26-4/h5-10H,11H2,1-4H3,(H,21,23)(H,22,24). The molecule has 0 heterocycles. The molecule has 0 atom stereocenters. The normalized spacial score (nSPS) is 10.1. The number of anilines is 2. The lowest BCUT2D eigenvalue weighted by atomic mass is 10.0. The van der Waals surface area contributed by atoms with E-state index >= 15 is 0 Å². The second-order valence-corrected chi connectivity index (χ2v) is 5.97. The number of ether oxygens (including phenoxy) is 2. The Morgan fingerprint density at radius 2 is 1.78 bits per heavy atom. The van der Waals surface area contributed by atoms with Crippen LogP contribution in [-0.4, -0.2) is 31.5 Å². The minimum Gasteiger partial charge on any atom is -0.495 e. The number of hydrogen-bond acceptors (Lipinski definition) is 5. The minimum absolute atomic E-state index is 0.236. The van der Waals surface area contributed by atoms with Gasteiger partial charge in [-0.3, -0.25) is 9.59 Å². The molecule has 2 aromatic rings. The topological polar surface area (TPSA) is 93.7 Å². The number of nitrogens with one attached hydrogen (secondary N) is 2. The van der Waals surface area contributed by atoms with Crippen molar-refractivity contribution in [1.82, 2.24) is 0 Å². The molecule has 7 nitrogen and oxygen atoms in total. The summed E-state index contributed by atoms with van der Waals surface area (Å²) in [4.78, 5) is 35.5.